The normalized spacial score (nSPS) is 26.5. The van der Waals surface area contributed by atoms with E-state index in [4.69, 9.17) is 0 Å². The van der Waals surface area contributed by atoms with E-state index in [0.29, 0.717) is 22.9 Å². The summed E-state index contributed by atoms with van der Waals surface area (Å²) in [7, 11) is 0. The lowest BCUT2D eigenvalue weighted by molar-refractivity contribution is -0.134. The number of fused-ring (bicyclic) bond motifs is 1. The van der Waals surface area contributed by atoms with E-state index in [9.17, 15) is 14.0 Å². The van der Waals surface area contributed by atoms with Crippen molar-refractivity contribution >= 4 is 22.8 Å². The molecule has 1 aliphatic carbocycles. The Hall–Kier alpha value is -2.50. The molecule has 0 radical (unpaired) electrons. The third-order valence-electron chi connectivity index (χ3n) is 5.63. The van der Waals surface area contributed by atoms with Gasteiger partial charge in [0.2, 0.25) is 0 Å². The van der Waals surface area contributed by atoms with Crippen LogP contribution >= 0.6 is 0 Å². The average Bonchev–Trinajstić information content (AvgIpc) is 2.85. The van der Waals surface area contributed by atoms with Crippen molar-refractivity contribution in [3.63, 3.8) is 0 Å². The molecule has 1 saturated heterocycles. The molecule has 0 bridgehead atoms. The first-order valence-corrected chi connectivity index (χ1v) is 8.69. The van der Waals surface area contributed by atoms with Gasteiger partial charge in [0.25, 0.3) is 5.91 Å². The van der Waals surface area contributed by atoms with Crippen molar-refractivity contribution in [1.29, 1.82) is 0 Å². The highest BCUT2D eigenvalue weighted by Crippen LogP contribution is 2.38. The zero-order chi connectivity index (χ0) is 17.6. The fourth-order valence-corrected chi connectivity index (χ4v) is 4.13. The number of rotatable bonds is 2. The monoisotopic (exact) mass is 341 g/mol. The first-order chi connectivity index (χ1) is 12.0. The number of benzene rings is 1. The lowest BCUT2D eigenvalue weighted by Gasteiger charge is -2.36. The number of imide groups is 1. The number of hydrogen-bond acceptors (Lipinski definition) is 3. The lowest BCUT2D eigenvalue weighted by atomic mass is 9.73. The Morgan fingerprint density at radius 2 is 2.16 bits per heavy atom. The van der Waals surface area contributed by atoms with Gasteiger partial charge in [-0.2, -0.15) is 0 Å². The molecule has 1 saturated carbocycles. The van der Waals surface area contributed by atoms with Gasteiger partial charge in [0, 0.05) is 11.6 Å². The standard InChI is InChI=1S/C19H20FN3O2/c1-12-5-2-3-9-19(12)17(24)23(18(25)22-19)11-13-7-8-15(20)14-6-4-10-21-16(13)14/h4,6-8,10,12H,2-3,5,9,11H2,1H3,(H,22,25). The molecule has 130 valence electrons. The molecule has 2 fully saturated rings. The van der Waals surface area contributed by atoms with Crippen molar-refractivity contribution in [2.45, 2.75) is 44.7 Å². The number of nitrogens with zero attached hydrogens (tertiary/aromatic N) is 2. The van der Waals surface area contributed by atoms with Gasteiger partial charge in [-0.15, -0.1) is 0 Å². The van der Waals surface area contributed by atoms with Gasteiger partial charge >= 0.3 is 6.03 Å². The minimum atomic E-state index is -0.779. The third-order valence-corrected chi connectivity index (χ3v) is 5.63. The van der Waals surface area contributed by atoms with Crippen molar-refractivity contribution in [2.75, 3.05) is 0 Å². The number of amides is 3. The number of urea groups is 1. The Kier molecular flexibility index (Phi) is 3.71. The number of carbonyl (C=O) groups is 2. The fraction of sp³-hybridized carbons (Fsp3) is 0.421. The van der Waals surface area contributed by atoms with E-state index in [0.717, 1.165) is 19.3 Å². The third kappa shape index (κ3) is 2.39. The summed E-state index contributed by atoms with van der Waals surface area (Å²) in [4.78, 5) is 31.1. The summed E-state index contributed by atoms with van der Waals surface area (Å²) in [5.74, 6) is -0.412. The molecule has 3 amide bonds. The second-order valence-electron chi connectivity index (χ2n) is 7.05. The van der Waals surface area contributed by atoms with Crippen molar-refractivity contribution < 1.29 is 14.0 Å². The second-order valence-corrected chi connectivity index (χ2v) is 7.05. The SMILES string of the molecule is CC1CCCCC12NC(=O)N(Cc1ccc(F)c3cccnc13)C2=O. The molecular weight excluding hydrogens is 321 g/mol. The topological polar surface area (TPSA) is 62.3 Å². The van der Waals surface area contributed by atoms with Crippen molar-refractivity contribution in [3.8, 4) is 0 Å². The maximum absolute atomic E-state index is 14.0. The molecular formula is C19H20FN3O2. The number of pyridine rings is 1. The van der Waals surface area contributed by atoms with Gasteiger partial charge in [0.1, 0.15) is 11.4 Å². The summed E-state index contributed by atoms with van der Waals surface area (Å²) >= 11 is 0. The first-order valence-electron chi connectivity index (χ1n) is 8.69. The van der Waals surface area contributed by atoms with Crippen molar-refractivity contribution in [2.24, 2.45) is 5.92 Å². The van der Waals surface area contributed by atoms with E-state index in [-0.39, 0.29) is 30.2 Å². The summed E-state index contributed by atoms with van der Waals surface area (Å²) < 4.78 is 14.0. The minimum Gasteiger partial charge on any atom is -0.323 e. The summed E-state index contributed by atoms with van der Waals surface area (Å²) in [6.07, 6.45) is 5.21. The van der Waals surface area contributed by atoms with E-state index >= 15 is 0 Å². The van der Waals surface area contributed by atoms with E-state index in [1.807, 2.05) is 6.92 Å². The van der Waals surface area contributed by atoms with Crippen LogP contribution in [0, 0.1) is 11.7 Å². The van der Waals surface area contributed by atoms with Crippen LogP contribution in [0.4, 0.5) is 9.18 Å². The van der Waals surface area contributed by atoms with Crippen LogP contribution in [-0.2, 0) is 11.3 Å². The number of carbonyl (C=O) groups excluding carboxylic acids is 2. The maximum Gasteiger partial charge on any atom is 0.325 e. The summed E-state index contributed by atoms with van der Waals surface area (Å²) in [5.41, 5.74) is 0.375. The molecule has 2 atom stereocenters. The Labute approximate surface area is 145 Å². The highest BCUT2D eigenvalue weighted by Gasteiger charge is 2.54. The maximum atomic E-state index is 14.0. The number of hydrogen-bond donors (Lipinski definition) is 1. The molecule has 1 spiro atoms. The molecule has 6 heteroatoms. The van der Waals surface area contributed by atoms with Gasteiger partial charge in [-0.1, -0.05) is 25.8 Å². The number of halogens is 1. The van der Waals surface area contributed by atoms with Crippen LogP contribution in [0.15, 0.2) is 30.5 Å². The van der Waals surface area contributed by atoms with Gasteiger partial charge < -0.3 is 5.32 Å². The van der Waals surface area contributed by atoms with Crippen LogP contribution in [0.3, 0.4) is 0 Å². The predicted octanol–water partition coefficient (Wildman–Crippen LogP) is 3.37. The summed E-state index contributed by atoms with van der Waals surface area (Å²) in [6, 6.07) is 5.91. The largest absolute Gasteiger partial charge is 0.325 e. The highest BCUT2D eigenvalue weighted by molar-refractivity contribution is 6.07. The molecule has 25 heavy (non-hydrogen) atoms. The fourth-order valence-electron chi connectivity index (χ4n) is 4.13. The van der Waals surface area contributed by atoms with E-state index < -0.39 is 5.54 Å². The molecule has 1 aromatic heterocycles. The quantitative estimate of drug-likeness (QED) is 0.852. The Morgan fingerprint density at radius 1 is 1.32 bits per heavy atom. The zero-order valence-electron chi connectivity index (χ0n) is 14.1. The van der Waals surface area contributed by atoms with Crippen LogP contribution in [0.5, 0.6) is 0 Å². The molecule has 1 N–H and O–H groups in total. The summed E-state index contributed by atoms with van der Waals surface area (Å²) in [6.45, 7) is 2.13. The molecule has 1 aliphatic heterocycles. The van der Waals surface area contributed by atoms with E-state index in [1.165, 1.54) is 11.0 Å². The van der Waals surface area contributed by atoms with Crippen LogP contribution in [0.25, 0.3) is 10.9 Å². The molecule has 2 aromatic rings. The van der Waals surface area contributed by atoms with Crippen molar-refractivity contribution in [3.05, 3.63) is 41.8 Å². The van der Waals surface area contributed by atoms with Crippen LogP contribution in [0.2, 0.25) is 0 Å². The van der Waals surface area contributed by atoms with Gasteiger partial charge in [-0.3, -0.25) is 14.7 Å². The second kappa shape index (κ2) is 5.79. The van der Waals surface area contributed by atoms with Crippen LogP contribution in [0.1, 0.15) is 38.2 Å². The lowest BCUT2D eigenvalue weighted by Crippen LogP contribution is -2.53. The van der Waals surface area contributed by atoms with E-state index in [2.05, 4.69) is 10.3 Å². The number of nitrogens with one attached hydrogen (secondary N) is 1. The molecule has 4 rings (SSSR count). The number of aromatic nitrogens is 1. The Bertz CT molecular complexity index is 869. The van der Waals surface area contributed by atoms with Crippen LogP contribution in [-0.4, -0.2) is 27.4 Å². The Balaban J connectivity index is 1.69. The molecule has 5 nitrogen and oxygen atoms in total. The van der Waals surface area contributed by atoms with Gasteiger partial charge in [-0.05, 0) is 42.5 Å². The minimum absolute atomic E-state index is 0.104. The highest BCUT2D eigenvalue weighted by atomic mass is 19.1. The smallest absolute Gasteiger partial charge is 0.323 e. The average molecular weight is 341 g/mol. The zero-order valence-corrected chi connectivity index (χ0v) is 14.1. The van der Waals surface area contributed by atoms with Gasteiger partial charge in [-0.25, -0.2) is 9.18 Å². The van der Waals surface area contributed by atoms with E-state index in [1.54, 1.807) is 24.4 Å². The predicted molar refractivity (Wildman–Crippen MR) is 91.1 cm³/mol. The van der Waals surface area contributed by atoms with Gasteiger partial charge in [0.05, 0.1) is 12.1 Å². The molecule has 1 aromatic carbocycles. The molecule has 2 aliphatic rings. The molecule has 2 heterocycles. The molecule has 2 unspecified atom stereocenters. The van der Waals surface area contributed by atoms with Crippen molar-refractivity contribution in [1.82, 2.24) is 15.2 Å². The van der Waals surface area contributed by atoms with Gasteiger partial charge in [0.15, 0.2) is 0 Å². The van der Waals surface area contributed by atoms with Crippen LogP contribution < -0.4 is 5.32 Å². The first kappa shape index (κ1) is 16.0. The Morgan fingerprint density at radius 3 is 2.96 bits per heavy atom. The summed E-state index contributed by atoms with van der Waals surface area (Å²) in [5, 5.41) is 3.34.